The molecule has 4 rings (SSSR count). The molecular weight excluding hydrogens is 426 g/mol. The third-order valence-corrected chi connectivity index (χ3v) is 6.17. The molecule has 0 aliphatic heterocycles. The minimum absolute atomic E-state index is 0.00116. The van der Waals surface area contributed by atoms with Gasteiger partial charge in [0.15, 0.2) is 0 Å². The van der Waals surface area contributed by atoms with E-state index in [1.165, 1.54) is 12.2 Å². The first-order valence-corrected chi connectivity index (χ1v) is 11.6. The number of hydrogen-bond donors (Lipinski definition) is 2. The third kappa shape index (κ3) is 5.04. The lowest BCUT2D eigenvalue weighted by atomic mass is 9.63. The van der Waals surface area contributed by atoms with E-state index in [0.29, 0.717) is 5.95 Å². The zero-order valence-electron chi connectivity index (χ0n) is 20.6. The summed E-state index contributed by atoms with van der Waals surface area (Å²) >= 11 is 0. The maximum Gasteiger partial charge on any atom is 0.256 e. The third-order valence-electron chi connectivity index (χ3n) is 6.17. The molecule has 1 saturated carbocycles. The van der Waals surface area contributed by atoms with Crippen molar-refractivity contribution in [1.29, 1.82) is 0 Å². The second-order valence-corrected chi connectivity index (χ2v) is 9.83. The Labute approximate surface area is 201 Å². The van der Waals surface area contributed by atoms with E-state index >= 15 is 0 Å². The summed E-state index contributed by atoms with van der Waals surface area (Å²) in [5.74, 6) is 1.26. The van der Waals surface area contributed by atoms with Crippen molar-refractivity contribution in [2.75, 3.05) is 24.8 Å². The number of carbonyl (C=O) groups is 1. The average molecular weight is 460 g/mol. The van der Waals surface area contributed by atoms with Gasteiger partial charge in [-0.2, -0.15) is 4.98 Å². The number of likely N-dealkylation sites (N-methyl/N-ethyl adjacent to an activating group) is 1. The lowest BCUT2D eigenvalue weighted by Crippen LogP contribution is -2.49. The Hall–Kier alpha value is -3.45. The highest BCUT2D eigenvalue weighted by Gasteiger charge is 2.47. The lowest BCUT2D eigenvalue weighted by molar-refractivity contribution is -0.179. The molecule has 0 radical (unpaired) electrons. The summed E-state index contributed by atoms with van der Waals surface area (Å²) in [5.41, 5.74) is 3.08. The minimum atomic E-state index is -0.503. The van der Waals surface area contributed by atoms with Crippen molar-refractivity contribution in [3.8, 4) is 11.3 Å². The summed E-state index contributed by atoms with van der Waals surface area (Å²) in [7, 11) is 3.18. The lowest BCUT2D eigenvalue weighted by Gasteiger charge is -2.42. The molecule has 34 heavy (non-hydrogen) atoms. The number of nitrogens with zero attached hydrogens (tertiary/aromatic N) is 3. The van der Waals surface area contributed by atoms with Gasteiger partial charge in [0.1, 0.15) is 5.82 Å². The number of carbonyl (C=O) groups excluding carboxylic acids is 1. The predicted octanol–water partition coefficient (Wildman–Crippen LogP) is 5.54. The quantitative estimate of drug-likeness (QED) is 0.452. The van der Waals surface area contributed by atoms with Gasteiger partial charge in [-0.05, 0) is 51.3 Å². The molecule has 7 heteroatoms. The SMILES string of the molecule is CON(C)C(=O)C1(c2ccc(Nc3nc(NC(C)(C)C)cc(-c4ccccc4)n3)cc2)CCC1. The van der Waals surface area contributed by atoms with Gasteiger partial charge in [0, 0.05) is 29.9 Å². The Bertz CT molecular complexity index is 1140. The van der Waals surface area contributed by atoms with Crippen molar-refractivity contribution in [3.05, 3.63) is 66.2 Å². The van der Waals surface area contributed by atoms with Gasteiger partial charge in [-0.15, -0.1) is 0 Å². The molecule has 3 aromatic rings. The predicted molar refractivity (Wildman–Crippen MR) is 136 cm³/mol. The van der Waals surface area contributed by atoms with Gasteiger partial charge in [-0.3, -0.25) is 9.63 Å². The maximum atomic E-state index is 12.9. The van der Waals surface area contributed by atoms with Crippen molar-refractivity contribution in [1.82, 2.24) is 15.0 Å². The number of nitrogens with one attached hydrogen (secondary N) is 2. The largest absolute Gasteiger partial charge is 0.365 e. The fourth-order valence-corrected chi connectivity index (χ4v) is 4.25. The molecule has 7 nitrogen and oxygen atoms in total. The Morgan fingerprint density at radius 1 is 1.03 bits per heavy atom. The van der Waals surface area contributed by atoms with E-state index in [2.05, 4.69) is 36.4 Å². The normalized spacial score (nSPS) is 14.7. The first kappa shape index (κ1) is 23.7. The number of hydroxylamine groups is 2. The highest BCUT2D eigenvalue weighted by atomic mass is 16.7. The standard InChI is InChI=1S/C27H33N5O2/c1-26(2,3)31-23-18-22(19-10-7-6-8-11-19)29-25(30-23)28-21-14-12-20(13-15-21)27(16-9-17-27)24(33)32(4)34-5/h6-8,10-15,18H,9,16-17H2,1-5H3,(H2,28,29,30,31). The molecule has 1 aliphatic rings. The second kappa shape index (κ2) is 9.43. The van der Waals surface area contributed by atoms with E-state index < -0.39 is 5.41 Å². The Morgan fingerprint density at radius 3 is 2.26 bits per heavy atom. The summed E-state index contributed by atoms with van der Waals surface area (Å²) in [4.78, 5) is 27.5. The molecule has 1 aliphatic carbocycles. The fraction of sp³-hybridized carbons (Fsp3) is 0.370. The van der Waals surface area contributed by atoms with Crippen LogP contribution in [0, 0.1) is 0 Å². The smallest absolute Gasteiger partial charge is 0.256 e. The molecule has 2 aromatic carbocycles. The molecule has 0 spiro atoms. The number of hydrogen-bond acceptors (Lipinski definition) is 6. The molecular formula is C27H33N5O2. The van der Waals surface area contributed by atoms with E-state index in [4.69, 9.17) is 9.82 Å². The van der Waals surface area contributed by atoms with Crippen LogP contribution in [-0.4, -0.2) is 40.6 Å². The van der Waals surface area contributed by atoms with Crippen molar-refractivity contribution in [2.24, 2.45) is 0 Å². The van der Waals surface area contributed by atoms with Crippen LogP contribution in [0.3, 0.4) is 0 Å². The van der Waals surface area contributed by atoms with Crippen LogP contribution in [-0.2, 0) is 15.0 Å². The highest BCUT2D eigenvalue weighted by Crippen LogP contribution is 2.45. The van der Waals surface area contributed by atoms with Crippen molar-refractivity contribution in [3.63, 3.8) is 0 Å². The van der Waals surface area contributed by atoms with E-state index in [0.717, 1.165) is 47.6 Å². The number of aromatic nitrogens is 2. The van der Waals surface area contributed by atoms with Gasteiger partial charge in [0.25, 0.3) is 5.91 Å². The second-order valence-electron chi connectivity index (χ2n) is 9.83. The zero-order chi connectivity index (χ0) is 24.3. The summed E-state index contributed by atoms with van der Waals surface area (Å²) in [6.45, 7) is 6.30. The van der Waals surface area contributed by atoms with Crippen LogP contribution in [0.2, 0.25) is 0 Å². The molecule has 1 heterocycles. The highest BCUT2D eigenvalue weighted by molar-refractivity contribution is 5.88. The van der Waals surface area contributed by atoms with Gasteiger partial charge >= 0.3 is 0 Å². The van der Waals surface area contributed by atoms with Gasteiger partial charge in [-0.1, -0.05) is 48.9 Å². The van der Waals surface area contributed by atoms with Gasteiger partial charge in [0.05, 0.1) is 18.2 Å². The number of benzene rings is 2. The van der Waals surface area contributed by atoms with E-state index in [-0.39, 0.29) is 11.4 Å². The van der Waals surface area contributed by atoms with Crippen LogP contribution in [0.5, 0.6) is 0 Å². The van der Waals surface area contributed by atoms with Crippen LogP contribution < -0.4 is 10.6 Å². The maximum absolute atomic E-state index is 12.9. The topological polar surface area (TPSA) is 79.4 Å². The van der Waals surface area contributed by atoms with Crippen LogP contribution in [0.1, 0.15) is 45.6 Å². The van der Waals surface area contributed by atoms with Gasteiger partial charge in [0.2, 0.25) is 5.95 Å². The fourth-order valence-electron chi connectivity index (χ4n) is 4.25. The molecule has 2 N–H and O–H groups in total. The van der Waals surface area contributed by atoms with Crippen LogP contribution in [0.4, 0.5) is 17.5 Å². The summed E-state index contributed by atoms with van der Waals surface area (Å²) < 4.78 is 0. The number of amides is 1. The molecule has 1 fully saturated rings. The number of anilines is 3. The summed E-state index contributed by atoms with van der Waals surface area (Å²) in [5, 5.41) is 8.11. The van der Waals surface area contributed by atoms with E-state index in [1.807, 2.05) is 60.7 Å². The van der Waals surface area contributed by atoms with Gasteiger partial charge in [-0.25, -0.2) is 10.0 Å². The Morgan fingerprint density at radius 2 is 1.71 bits per heavy atom. The minimum Gasteiger partial charge on any atom is -0.365 e. The summed E-state index contributed by atoms with van der Waals surface area (Å²) in [6, 6.07) is 20.0. The Balaban J connectivity index is 1.61. The molecule has 0 atom stereocenters. The molecule has 1 amide bonds. The molecule has 1 aromatic heterocycles. The number of rotatable bonds is 7. The van der Waals surface area contributed by atoms with Crippen LogP contribution >= 0.6 is 0 Å². The van der Waals surface area contributed by atoms with Gasteiger partial charge < -0.3 is 10.6 Å². The molecule has 0 bridgehead atoms. The molecule has 178 valence electrons. The van der Waals surface area contributed by atoms with Crippen molar-refractivity contribution >= 4 is 23.4 Å². The zero-order valence-corrected chi connectivity index (χ0v) is 20.6. The van der Waals surface area contributed by atoms with Crippen LogP contribution in [0.15, 0.2) is 60.7 Å². The van der Waals surface area contributed by atoms with Crippen molar-refractivity contribution < 1.29 is 9.63 Å². The molecule has 0 saturated heterocycles. The first-order valence-electron chi connectivity index (χ1n) is 11.6. The van der Waals surface area contributed by atoms with Crippen LogP contribution in [0.25, 0.3) is 11.3 Å². The summed E-state index contributed by atoms with van der Waals surface area (Å²) in [6.07, 6.45) is 2.69. The molecule has 0 unspecified atom stereocenters. The van der Waals surface area contributed by atoms with E-state index in [1.54, 1.807) is 7.05 Å². The van der Waals surface area contributed by atoms with Crippen molar-refractivity contribution in [2.45, 2.75) is 51.0 Å². The van der Waals surface area contributed by atoms with E-state index in [9.17, 15) is 4.79 Å². The average Bonchev–Trinajstić information content (AvgIpc) is 2.78. The monoisotopic (exact) mass is 459 g/mol. The Kier molecular flexibility index (Phi) is 6.57. The first-order chi connectivity index (χ1) is 16.2.